The van der Waals surface area contributed by atoms with E-state index < -0.39 is 17.3 Å². The summed E-state index contributed by atoms with van der Waals surface area (Å²) in [6, 6.07) is 3.02. The number of aromatic nitrogens is 1. The molecule has 1 aromatic heterocycles. The molecule has 0 bridgehead atoms. The second kappa shape index (κ2) is 4.82. The van der Waals surface area contributed by atoms with Crippen molar-refractivity contribution >= 4 is 17.9 Å². The summed E-state index contributed by atoms with van der Waals surface area (Å²) >= 11 is 5.69. The van der Waals surface area contributed by atoms with E-state index in [1.807, 2.05) is 0 Å². The van der Waals surface area contributed by atoms with Crippen molar-refractivity contribution in [1.29, 1.82) is 5.26 Å². The van der Waals surface area contributed by atoms with Gasteiger partial charge in [-0.05, 0) is 12.1 Å². The normalized spacial score (nSPS) is 25.0. The molecule has 2 atom stereocenters. The third-order valence-corrected chi connectivity index (χ3v) is 3.21. The number of carbonyl (C=O) groups is 1. The van der Waals surface area contributed by atoms with Gasteiger partial charge in [-0.3, -0.25) is 14.2 Å². The van der Waals surface area contributed by atoms with Crippen LogP contribution in [0, 0.1) is 17.2 Å². The van der Waals surface area contributed by atoms with Crippen LogP contribution in [0.15, 0.2) is 41.4 Å². The minimum Gasteiger partial charge on any atom is -0.298 e. The minimum absolute atomic E-state index is 0.0521. The zero-order chi connectivity index (χ0) is 14.0. The van der Waals surface area contributed by atoms with E-state index in [0.29, 0.717) is 4.57 Å². The average molecular weight is 279 g/mol. The standard InChI is InChI=1S/C13H8ClFN2O2/c14-11-4-6-17(12(19)10(11)8-18)13(15)5-2-1-3-9(13)7-16/h1-6,8-9H. The number of pyridine rings is 1. The SMILES string of the molecule is N#CC1C=CC=CC1(F)n1ccc(Cl)c(C=O)c1=O. The topological polar surface area (TPSA) is 62.9 Å². The van der Waals surface area contributed by atoms with E-state index in [9.17, 15) is 14.0 Å². The van der Waals surface area contributed by atoms with Gasteiger partial charge in [0.1, 0.15) is 5.92 Å². The van der Waals surface area contributed by atoms with Crippen molar-refractivity contribution in [3.8, 4) is 6.07 Å². The molecule has 1 aliphatic rings. The zero-order valence-corrected chi connectivity index (χ0v) is 10.3. The van der Waals surface area contributed by atoms with Crippen molar-refractivity contribution < 1.29 is 9.18 Å². The first-order chi connectivity index (χ1) is 9.04. The van der Waals surface area contributed by atoms with Crippen LogP contribution in [0.5, 0.6) is 0 Å². The molecule has 0 spiro atoms. The molecule has 4 nitrogen and oxygen atoms in total. The van der Waals surface area contributed by atoms with Crippen molar-refractivity contribution in [2.75, 3.05) is 0 Å². The van der Waals surface area contributed by atoms with Gasteiger partial charge in [-0.15, -0.1) is 0 Å². The molecule has 1 aliphatic carbocycles. The lowest BCUT2D eigenvalue weighted by Crippen LogP contribution is -2.42. The number of carbonyl (C=O) groups excluding carboxylic acids is 1. The number of hydrogen-bond donors (Lipinski definition) is 0. The van der Waals surface area contributed by atoms with Crippen molar-refractivity contribution in [2.45, 2.75) is 5.79 Å². The molecule has 6 heteroatoms. The van der Waals surface area contributed by atoms with Crippen LogP contribution >= 0.6 is 11.6 Å². The van der Waals surface area contributed by atoms with E-state index in [1.54, 1.807) is 6.07 Å². The molecule has 0 N–H and O–H groups in total. The average Bonchev–Trinajstić information content (AvgIpc) is 2.39. The van der Waals surface area contributed by atoms with Gasteiger partial charge in [0.05, 0.1) is 16.7 Å². The summed E-state index contributed by atoms with van der Waals surface area (Å²) in [5, 5.41) is 8.92. The number of rotatable bonds is 2. The lowest BCUT2D eigenvalue weighted by atomic mass is 9.93. The monoisotopic (exact) mass is 278 g/mol. The van der Waals surface area contributed by atoms with Gasteiger partial charge in [0, 0.05) is 6.20 Å². The highest BCUT2D eigenvalue weighted by molar-refractivity contribution is 6.32. The summed E-state index contributed by atoms with van der Waals surface area (Å²) in [5.74, 6) is -3.49. The highest BCUT2D eigenvalue weighted by Gasteiger charge is 2.40. The van der Waals surface area contributed by atoms with Crippen molar-refractivity contribution in [1.82, 2.24) is 4.57 Å². The molecular weight excluding hydrogens is 271 g/mol. The number of alkyl halides is 1. The molecule has 2 rings (SSSR count). The Morgan fingerprint density at radius 1 is 1.53 bits per heavy atom. The number of nitrogens with zero attached hydrogens (tertiary/aromatic N) is 2. The molecule has 1 aromatic rings. The van der Waals surface area contributed by atoms with Gasteiger partial charge in [-0.1, -0.05) is 29.8 Å². The predicted octanol–water partition coefficient (Wildman–Crippen LogP) is 2.20. The largest absolute Gasteiger partial charge is 0.298 e. The maximum absolute atomic E-state index is 14.9. The van der Waals surface area contributed by atoms with Crippen molar-refractivity contribution in [3.05, 3.63) is 57.5 Å². The number of allylic oxidation sites excluding steroid dienone is 4. The molecule has 0 saturated heterocycles. The smallest absolute Gasteiger partial charge is 0.265 e. The molecule has 0 amide bonds. The summed E-state index contributed by atoms with van der Waals surface area (Å²) in [6.45, 7) is 0. The van der Waals surface area contributed by atoms with Gasteiger partial charge in [0.15, 0.2) is 6.29 Å². The molecule has 0 radical (unpaired) electrons. The summed E-state index contributed by atoms with van der Waals surface area (Å²) in [6.07, 6.45) is 6.77. The highest BCUT2D eigenvalue weighted by Crippen LogP contribution is 2.32. The third kappa shape index (κ3) is 2.00. The van der Waals surface area contributed by atoms with Crippen LogP contribution in [0.4, 0.5) is 4.39 Å². The van der Waals surface area contributed by atoms with Gasteiger partial charge < -0.3 is 0 Å². The van der Waals surface area contributed by atoms with E-state index in [0.717, 1.165) is 12.3 Å². The molecule has 96 valence electrons. The number of nitriles is 1. The lowest BCUT2D eigenvalue weighted by molar-refractivity contribution is 0.0950. The Labute approximate surface area is 113 Å². The molecule has 0 saturated carbocycles. The Balaban J connectivity index is 2.69. The Hall–Kier alpha value is -2.19. The fraction of sp³-hybridized carbons (Fsp3) is 0.154. The van der Waals surface area contributed by atoms with Crippen LogP contribution in [0.1, 0.15) is 10.4 Å². The van der Waals surface area contributed by atoms with E-state index in [1.165, 1.54) is 24.3 Å². The molecule has 0 aromatic carbocycles. The fourth-order valence-corrected chi connectivity index (χ4v) is 2.06. The minimum atomic E-state index is -2.33. The third-order valence-electron chi connectivity index (χ3n) is 2.88. The summed E-state index contributed by atoms with van der Waals surface area (Å²) in [4.78, 5) is 22.8. The van der Waals surface area contributed by atoms with E-state index in [4.69, 9.17) is 16.9 Å². The summed E-state index contributed by atoms with van der Waals surface area (Å²) in [5.41, 5.74) is -1.20. The van der Waals surface area contributed by atoms with Crippen LogP contribution in [0.3, 0.4) is 0 Å². The first-order valence-electron chi connectivity index (χ1n) is 5.36. The first-order valence-corrected chi connectivity index (χ1v) is 5.73. The van der Waals surface area contributed by atoms with Crippen LogP contribution in [-0.2, 0) is 5.79 Å². The number of aldehydes is 1. The molecular formula is C13H8ClFN2O2. The first kappa shape index (κ1) is 13.2. The van der Waals surface area contributed by atoms with Gasteiger partial charge in [-0.2, -0.15) is 5.26 Å². The van der Waals surface area contributed by atoms with Crippen LogP contribution in [0.25, 0.3) is 0 Å². The lowest BCUT2D eigenvalue weighted by Gasteiger charge is -2.29. The Morgan fingerprint density at radius 2 is 2.26 bits per heavy atom. The van der Waals surface area contributed by atoms with E-state index in [2.05, 4.69) is 0 Å². The van der Waals surface area contributed by atoms with Crippen LogP contribution in [-0.4, -0.2) is 10.9 Å². The molecule has 19 heavy (non-hydrogen) atoms. The molecule has 2 unspecified atom stereocenters. The molecule has 0 aliphatic heterocycles. The van der Waals surface area contributed by atoms with Crippen molar-refractivity contribution in [3.63, 3.8) is 0 Å². The molecule has 1 heterocycles. The summed E-state index contributed by atoms with van der Waals surface area (Å²) in [7, 11) is 0. The highest BCUT2D eigenvalue weighted by atomic mass is 35.5. The van der Waals surface area contributed by atoms with Crippen LogP contribution < -0.4 is 5.56 Å². The van der Waals surface area contributed by atoms with Crippen molar-refractivity contribution in [2.24, 2.45) is 5.92 Å². The maximum Gasteiger partial charge on any atom is 0.265 e. The fourth-order valence-electron chi connectivity index (χ4n) is 1.87. The Morgan fingerprint density at radius 3 is 2.89 bits per heavy atom. The number of halogens is 2. The zero-order valence-electron chi connectivity index (χ0n) is 9.59. The number of hydrogen-bond acceptors (Lipinski definition) is 3. The van der Waals surface area contributed by atoms with Gasteiger partial charge in [0.2, 0.25) is 5.79 Å². The Bertz CT molecular complexity index is 687. The Kier molecular flexibility index (Phi) is 3.36. The predicted molar refractivity (Wildman–Crippen MR) is 67.6 cm³/mol. The molecule has 0 fully saturated rings. The second-order valence-corrected chi connectivity index (χ2v) is 4.36. The quantitative estimate of drug-likeness (QED) is 0.779. The van der Waals surface area contributed by atoms with Crippen LogP contribution in [0.2, 0.25) is 5.02 Å². The van der Waals surface area contributed by atoms with Gasteiger partial charge in [-0.25, -0.2) is 4.39 Å². The van der Waals surface area contributed by atoms with E-state index >= 15 is 0 Å². The summed E-state index contributed by atoms with van der Waals surface area (Å²) < 4.78 is 15.6. The second-order valence-electron chi connectivity index (χ2n) is 3.95. The van der Waals surface area contributed by atoms with E-state index in [-0.39, 0.29) is 16.9 Å². The van der Waals surface area contributed by atoms with Gasteiger partial charge >= 0.3 is 0 Å². The van der Waals surface area contributed by atoms with Gasteiger partial charge in [0.25, 0.3) is 5.56 Å². The maximum atomic E-state index is 14.9.